The standard InChI is InChI=1S/C24H34N6O4S/c1-5-8-21-25-17(4)22-24(31)26-23(27-30(21)22)19-16-18(9-10-20(19)34-7-3)35(32,33)29-14-12-28(11-6-2)13-15-29/h9-10,16H,5-8,11-15H2,1-4H3,(H,26,27,31). The van der Waals surface area contributed by atoms with Crippen LogP contribution in [-0.4, -0.2) is 76.5 Å². The van der Waals surface area contributed by atoms with Gasteiger partial charge in [0.1, 0.15) is 11.6 Å². The van der Waals surface area contributed by atoms with Crippen LogP contribution in [0.25, 0.3) is 16.9 Å². The molecule has 0 aliphatic carbocycles. The van der Waals surface area contributed by atoms with Gasteiger partial charge in [0.05, 0.1) is 22.8 Å². The first-order valence-electron chi connectivity index (χ1n) is 12.3. The Kier molecular flexibility index (Phi) is 7.58. The molecule has 0 unspecified atom stereocenters. The Morgan fingerprint density at radius 3 is 2.49 bits per heavy atom. The van der Waals surface area contributed by atoms with Crippen molar-refractivity contribution in [3.8, 4) is 17.1 Å². The zero-order chi connectivity index (χ0) is 25.2. The number of H-pyrrole nitrogens is 1. The molecule has 1 N–H and O–H groups in total. The van der Waals surface area contributed by atoms with Crippen molar-refractivity contribution in [3.63, 3.8) is 0 Å². The molecule has 0 bridgehead atoms. The van der Waals surface area contributed by atoms with Gasteiger partial charge in [0.15, 0.2) is 11.3 Å². The van der Waals surface area contributed by atoms with Crippen LogP contribution in [0.2, 0.25) is 0 Å². The summed E-state index contributed by atoms with van der Waals surface area (Å²) in [6.07, 6.45) is 2.56. The van der Waals surface area contributed by atoms with Gasteiger partial charge in [-0.25, -0.2) is 17.9 Å². The fraction of sp³-hybridized carbons (Fsp3) is 0.542. The number of rotatable bonds is 9. The third kappa shape index (κ3) is 4.98. The first kappa shape index (κ1) is 25.3. The molecule has 0 radical (unpaired) electrons. The molecule has 35 heavy (non-hydrogen) atoms. The van der Waals surface area contributed by atoms with Crippen molar-refractivity contribution >= 4 is 15.5 Å². The summed E-state index contributed by atoms with van der Waals surface area (Å²) in [5, 5.41) is 4.66. The van der Waals surface area contributed by atoms with Crippen LogP contribution in [0.5, 0.6) is 5.75 Å². The highest BCUT2D eigenvalue weighted by Gasteiger charge is 2.29. The number of nitrogens with zero attached hydrogens (tertiary/aromatic N) is 5. The summed E-state index contributed by atoms with van der Waals surface area (Å²) in [4.78, 5) is 22.7. The number of aryl methyl sites for hydroxylation is 2. The molecule has 1 aliphatic rings. The van der Waals surface area contributed by atoms with Gasteiger partial charge in [-0.3, -0.25) is 4.79 Å². The molecule has 0 saturated carbocycles. The Morgan fingerprint density at radius 1 is 1.09 bits per heavy atom. The van der Waals surface area contributed by atoms with Crippen LogP contribution >= 0.6 is 0 Å². The van der Waals surface area contributed by atoms with E-state index in [2.05, 4.69) is 26.9 Å². The zero-order valence-electron chi connectivity index (χ0n) is 20.9. The van der Waals surface area contributed by atoms with Gasteiger partial charge in [-0.2, -0.15) is 4.31 Å². The lowest BCUT2D eigenvalue weighted by Crippen LogP contribution is -2.48. The van der Waals surface area contributed by atoms with Crippen molar-refractivity contribution in [1.29, 1.82) is 0 Å². The van der Waals surface area contributed by atoms with Gasteiger partial charge in [0.2, 0.25) is 10.0 Å². The normalized spacial score (nSPS) is 15.7. The molecule has 0 spiro atoms. The predicted octanol–water partition coefficient (Wildman–Crippen LogP) is 2.46. The van der Waals surface area contributed by atoms with Gasteiger partial charge in [0, 0.05) is 32.6 Å². The summed E-state index contributed by atoms with van der Waals surface area (Å²) in [7, 11) is -3.72. The zero-order valence-corrected chi connectivity index (χ0v) is 21.7. The van der Waals surface area contributed by atoms with E-state index in [1.165, 1.54) is 4.31 Å². The SMILES string of the molecule is CCCc1nc(C)c2c(=O)[nH]c(-c3cc(S(=O)(=O)N4CCN(CCC)CC4)ccc3OCC)nn12. The Hall–Kier alpha value is -2.76. The molecule has 1 saturated heterocycles. The van der Waals surface area contributed by atoms with Gasteiger partial charge >= 0.3 is 0 Å². The molecule has 1 fully saturated rings. The number of aromatic amines is 1. The van der Waals surface area contributed by atoms with Gasteiger partial charge in [-0.15, -0.1) is 5.10 Å². The number of fused-ring (bicyclic) bond motifs is 1. The van der Waals surface area contributed by atoms with Crippen molar-refractivity contribution in [1.82, 2.24) is 28.8 Å². The van der Waals surface area contributed by atoms with E-state index in [4.69, 9.17) is 4.74 Å². The van der Waals surface area contributed by atoms with E-state index in [1.807, 2.05) is 13.8 Å². The lowest BCUT2D eigenvalue weighted by atomic mass is 10.2. The maximum absolute atomic E-state index is 13.5. The van der Waals surface area contributed by atoms with E-state index < -0.39 is 10.0 Å². The van der Waals surface area contributed by atoms with E-state index in [9.17, 15) is 13.2 Å². The predicted molar refractivity (Wildman–Crippen MR) is 134 cm³/mol. The number of nitrogens with one attached hydrogen (secondary N) is 1. The van der Waals surface area contributed by atoms with E-state index in [1.54, 1.807) is 29.6 Å². The fourth-order valence-electron chi connectivity index (χ4n) is 4.54. The van der Waals surface area contributed by atoms with Gasteiger partial charge in [0.25, 0.3) is 5.56 Å². The lowest BCUT2D eigenvalue weighted by molar-refractivity contribution is 0.188. The summed E-state index contributed by atoms with van der Waals surface area (Å²) in [5.74, 6) is 1.39. The lowest BCUT2D eigenvalue weighted by Gasteiger charge is -2.33. The maximum atomic E-state index is 13.5. The number of sulfonamides is 1. The minimum absolute atomic E-state index is 0.151. The van der Waals surface area contributed by atoms with E-state index in [0.29, 0.717) is 67.6 Å². The summed E-state index contributed by atoms with van der Waals surface area (Å²) >= 11 is 0. The highest BCUT2D eigenvalue weighted by atomic mass is 32.2. The van der Waals surface area contributed by atoms with E-state index in [0.717, 1.165) is 19.4 Å². The summed E-state index contributed by atoms with van der Waals surface area (Å²) < 4.78 is 35.8. The van der Waals surface area contributed by atoms with E-state index >= 15 is 0 Å². The molecule has 0 atom stereocenters. The molecular formula is C24H34N6O4S. The van der Waals surface area contributed by atoms with Gasteiger partial charge in [-0.1, -0.05) is 13.8 Å². The van der Waals surface area contributed by atoms with Gasteiger partial charge < -0.3 is 14.6 Å². The van der Waals surface area contributed by atoms with Crippen molar-refractivity contribution in [2.75, 3.05) is 39.3 Å². The summed E-state index contributed by atoms with van der Waals surface area (Å²) in [5.41, 5.74) is 1.09. The smallest absolute Gasteiger partial charge is 0.277 e. The number of benzene rings is 1. The van der Waals surface area contributed by atoms with Crippen molar-refractivity contribution < 1.29 is 13.2 Å². The van der Waals surface area contributed by atoms with Gasteiger partial charge in [-0.05, 0) is 51.4 Å². The molecule has 3 aromatic rings. The molecule has 1 aliphatic heterocycles. The van der Waals surface area contributed by atoms with Crippen LogP contribution in [0.3, 0.4) is 0 Å². The van der Waals surface area contributed by atoms with Crippen LogP contribution in [0.1, 0.15) is 45.1 Å². The minimum atomic E-state index is -3.72. The quantitative estimate of drug-likeness (QED) is 0.478. The Bertz CT molecular complexity index is 1360. The third-order valence-electron chi connectivity index (χ3n) is 6.23. The number of imidazole rings is 1. The highest BCUT2D eigenvalue weighted by Crippen LogP contribution is 2.31. The summed E-state index contributed by atoms with van der Waals surface area (Å²) in [6.45, 7) is 11.5. The molecule has 4 rings (SSSR count). The number of hydrogen-bond donors (Lipinski definition) is 1. The highest BCUT2D eigenvalue weighted by molar-refractivity contribution is 7.89. The molecular weight excluding hydrogens is 468 g/mol. The molecule has 11 heteroatoms. The first-order chi connectivity index (χ1) is 16.8. The van der Waals surface area contributed by atoms with Crippen LogP contribution in [-0.2, 0) is 16.4 Å². The molecule has 3 heterocycles. The number of piperazine rings is 1. The second-order valence-electron chi connectivity index (χ2n) is 8.76. The minimum Gasteiger partial charge on any atom is -0.493 e. The maximum Gasteiger partial charge on any atom is 0.277 e. The second-order valence-corrected chi connectivity index (χ2v) is 10.7. The molecule has 0 amide bonds. The average molecular weight is 503 g/mol. The van der Waals surface area contributed by atoms with Crippen molar-refractivity contribution in [3.05, 3.63) is 40.1 Å². The Balaban J connectivity index is 1.78. The largest absolute Gasteiger partial charge is 0.493 e. The first-order valence-corrected chi connectivity index (χ1v) is 13.7. The fourth-order valence-corrected chi connectivity index (χ4v) is 5.99. The number of aromatic nitrogens is 4. The van der Waals surface area contributed by atoms with Crippen LogP contribution in [0.15, 0.2) is 27.9 Å². The molecule has 2 aromatic heterocycles. The van der Waals surface area contributed by atoms with Crippen LogP contribution < -0.4 is 10.3 Å². The second kappa shape index (κ2) is 10.5. The Labute approximate surface area is 206 Å². The summed E-state index contributed by atoms with van der Waals surface area (Å²) in [6, 6.07) is 4.74. The molecule has 1 aromatic carbocycles. The third-order valence-corrected chi connectivity index (χ3v) is 8.13. The van der Waals surface area contributed by atoms with Crippen molar-refractivity contribution in [2.24, 2.45) is 0 Å². The van der Waals surface area contributed by atoms with Crippen LogP contribution in [0.4, 0.5) is 0 Å². The Morgan fingerprint density at radius 2 is 1.83 bits per heavy atom. The van der Waals surface area contributed by atoms with Crippen LogP contribution in [0, 0.1) is 6.92 Å². The number of ether oxygens (including phenoxy) is 1. The molecule has 190 valence electrons. The number of hydrogen-bond acceptors (Lipinski definition) is 7. The van der Waals surface area contributed by atoms with Crippen molar-refractivity contribution in [2.45, 2.75) is 51.9 Å². The topological polar surface area (TPSA) is 113 Å². The molecule has 10 nitrogen and oxygen atoms in total. The monoisotopic (exact) mass is 502 g/mol. The van der Waals surface area contributed by atoms with E-state index in [-0.39, 0.29) is 16.3 Å². The average Bonchev–Trinajstić information content (AvgIpc) is 3.15.